The van der Waals surface area contributed by atoms with Gasteiger partial charge in [0.15, 0.2) is 11.5 Å². The van der Waals surface area contributed by atoms with E-state index in [0.29, 0.717) is 36.8 Å². The largest absolute Gasteiger partial charge is 0.486 e. The highest BCUT2D eigenvalue weighted by Gasteiger charge is 2.19. The van der Waals surface area contributed by atoms with Crippen LogP contribution in [0.25, 0.3) is 0 Å². The number of fused-ring (bicyclic) bond motifs is 1. The zero-order chi connectivity index (χ0) is 18.7. The van der Waals surface area contributed by atoms with Crippen molar-refractivity contribution in [2.75, 3.05) is 13.2 Å². The minimum absolute atomic E-state index is 0.0837. The predicted molar refractivity (Wildman–Crippen MR) is 93.9 cm³/mol. The van der Waals surface area contributed by atoms with E-state index in [1.807, 2.05) is 25.1 Å². The number of nitrogens with zero attached hydrogens (tertiary/aromatic N) is 1. The molecule has 2 aromatic rings. The number of ether oxygens (including phenoxy) is 2. The first kappa shape index (κ1) is 17.7. The molecule has 0 aliphatic carbocycles. The standard InChI is InChI=1S/C19H20N2O5/c1-3-14(12-4-7-16-17(10-12)26-9-8-25-16)21-18(22)15-6-5-13(19(23)24)11(2)20-15/h4-7,10,14H,3,8-9H2,1-2H3,(H,21,22)(H,23,24). The number of hydrogen-bond acceptors (Lipinski definition) is 5. The van der Waals surface area contributed by atoms with Crippen molar-refractivity contribution in [3.05, 3.63) is 52.8 Å². The SMILES string of the molecule is CCC(NC(=O)c1ccc(C(=O)O)c(C)n1)c1ccc2c(c1)OCCO2. The van der Waals surface area contributed by atoms with E-state index in [0.717, 1.165) is 5.56 Å². The number of carbonyl (C=O) groups excluding carboxylic acids is 1. The summed E-state index contributed by atoms with van der Waals surface area (Å²) >= 11 is 0. The summed E-state index contributed by atoms with van der Waals surface area (Å²) in [5.74, 6) is -0.0552. The van der Waals surface area contributed by atoms with Crippen LogP contribution in [0, 0.1) is 6.92 Å². The Kier molecular flexibility index (Phi) is 5.06. The summed E-state index contributed by atoms with van der Waals surface area (Å²) < 4.78 is 11.1. The predicted octanol–water partition coefficient (Wildman–Crippen LogP) is 2.74. The smallest absolute Gasteiger partial charge is 0.337 e. The molecule has 0 saturated carbocycles. The van der Waals surface area contributed by atoms with E-state index in [4.69, 9.17) is 14.6 Å². The van der Waals surface area contributed by atoms with Gasteiger partial charge in [-0.05, 0) is 43.2 Å². The first-order chi connectivity index (χ1) is 12.5. The van der Waals surface area contributed by atoms with Crippen molar-refractivity contribution in [2.45, 2.75) is 26.3 Å². The van der Waals surface area contributed by atoms with Gasteiger partial charge in [0.1, 0.15) is 18.9 Å². The second kappa shape index (κ2) is 7.43. The van der Waals surface area contributed by atoms with Crippen molar-refractivity contribution in [2.24, 2.45) is 0 Å². The molecular formula is C19H20N2O5. The molecule has 0 fully saturated rings. The minimum atomic E-state index is -1.07. The molecular weight excluding hydrogens is 336 g/mol. The number of aromatic carboxylic acids is 1. The molecule has 26 heavy (non-hydrogen) atoms. The number of aromatic nitrogens is 1. The van der Waals surface area contributed by atoms with Gasteiger partial charge in [0.05, 0.1) is 17.3 Å². The maximum absolute atomic E-state index is 12.5. The number of amides is 1. The molecule has 1 aromatic carbocycles. The highest BCUT2D eigenvalue weighted by molar-refractivity contribution is 5.94. The number of aryl methyl sites for hydroxylation is 1. The molecule has 0 bridgehead atoms. The van der Waals surface area contributed by atoms with Crippen LogP contribution in [0.5, 0.6) is 11.5 Å². The number of benzene rings is 1. The van der Waals surface area contributed by atoms with E-state index < -0.39 is 5.97 Å². The Balaban J connectivity index is 1.78. The van der Waals surface area contributed by atoms with Crippen molar-refractivity contribution in [3.63, 3.8) is 0 Å². The first-order valence-electron chi connectivity index (χ1n) is 8.41. The van der Waals surface area contributed by atoms with Crippen LogP contribution < -0.4 is 14.8 Å². The summed E-state index contributed by atoms with van der Waals surface area (Å²) in [6, 6.07) is 8.19. The topological polar surface area (TPSA) is 97.8 Å². The van der Waals surface area contributed by atoms with Crippen LogP contribution in [-0.2, 0) is 0 Å². The third-order valence-electron chi connectivity index (χ3n) is 4.23. The lowest BCUT2D eigenvalue weighted by atomic mass is 10.0. The van der Waals surface area contributed by atoms with Crippen LogP contribution in [0.2, 0.25) is 0 Å². The molecule has 1 aromatic heterocycles. The van der Waals surface area contributed by atoms with Gasteiger partial charge in [0.25, 0.3) is 5.91 Å². The minimum Gasteiger partial charge on any atom is -0.486 e. The Bertz CT molecular complexity index is 850. The Labute approximate surface area is 151 Å². The van der Waals surface area contributed by atoms with E-state index in [1.165, 1.54) is 12.1 Å². The van der Waals surface area contributed by atoms with E-state index in [1.54, 1.807) is 6.92 Å². The van der Waals surface area contributed by atoms with E-state index in [-0.39, 0.29) is 23.2 Å². The van der Waals surface area contributed by atoms with Gasteiger partial charge in [-0.25, -0.2) is 9.78 Å². The zero-order valence-corrected chi connectivity index (χ0v) is 14.6. The third kappa shape index (κ3) is 3.61. The third-order valence-corrected chi connectivity index (χ3v) is 4.23. The Morgan fingerprint density at radius 2 is 1.92 bits per heavy atom. The summed E-state index contributed by atoms with van der Waals surface area (Å²) in [6.07, 6.45) is 0.678. The van der Waals surface area contributed by atoms with Crippen molar-refractivity contribution in [3.8, 4) is 11.5 Å². The normalized spacial score (nSPS) is 13.8. The lowest BCUT2D eigenvalue weighted by molar-refractivity contribution is 0.0694. The van der Waals surface area contributed by atoms with Gasteiger partial charge in [0, 0.05) is 0 Å². The van der Waals surface area contributed by atoms with Crippen LogP contribution in [0.1, 0.15) is 51.5 Å². The average molecular weight is 356 g/mol. The lowest BCUT2D eigenvalue weighted by Gasteiger charge is -2.22. The number of pyridine rings is 1. The summed E-state index contributed by atoms with van der Waals surface area (Å²) in [6.45, 7) is 4.56. The van der Waals surface area contributed by atoms with Crippen molar-refractivity contribution in [1.82, 2.24) is 10.3 Å². The van der Waals surface area contributed by atoms with Gasteiger partial charge in [-0.15, -0.1) is 0 Å². The Hall–Kier alpha value is -3.09. The monoisotopic (exact) mass is 356 g/mol. The van der Waals surface area contributed by atoms with Gasteiger partial charge in [-0.3, -0.25) is 4.79 Å². The Morgan fingerprint density at radius 3 is 2.58 bits per heavy atom. The van der Waals surface area contributed by atoms with Crippen LogP contribution in [-0.4, -0.2) is 35.2 Å². The van der Waals surface area contributed by atoms with Crippen LogP contribution >= 0.6 is 0 Å². The van der Waals surface area contributed by atoms with Crippen molar-refractivity contribution in [1.29, 1.82) is 0 Å². The van der Waals surface area contributed by atoms with Crippen LogP contribution in [0.15, 0.2) is 30.3 Å². The maximum atomic E-state index is 12.5. The van der Waals surface area contributed by atoms with Crippen molar-refractivity contribution >= 4 is 11.9 Å². The first-order valence-corrected chi connectivity index (χ1v) is 8.41. The number of carboxylic acids is 1. The molecule has 0 radical (unpaired) electrons. The number of hydrogen-bond donors (Lipinski definition) is 2. The number of rotatable bonds is 5. The van der Waals surface area contributed by atoms with Gasteiger partial charge in [-0.1, -0.05) is 13.0 Å². The zero-order valence-electron chi connectivity index (χ0n) is 14.6. The molecule has 0 spiro atoms. The second-order valence-corrected chi connectivity index (χ2v) is 5.97. The summed E-state index contributed by atoms with van der Waals surface area (Å²) in [5, 5.41) is 12.0. The Morgan fingerprint density at radius 1 is 1.19 bits per heavy atom. The fourth-order valence-electron chi connectivity index (χ4n) is 2.84. The molecule has 2 N–H and O–H groups in total. The lowest BCUT2D eigenvalue weighted by Crippen LogP contribution is -2.29. The van der Waals surface area contributed by atoms with E-state index in [9.17, 15) is 9.59 Å². The fraction of sp³-hybridized carbons (Fsp3) is 0.316. The van der Waals surface area contributed by atoms with E-state index >= 15 is 0 Å². The number of carbonyl (C=O) groups is 2. The summed E-state index contributed by atoms with van der Waals surface area (Å²) in [4.78, 5) is 27.7. The molecule has 2 heterocycles. The number of carboxylic acid groups (broad SMARTS) is 1. The molecule has 0 saturated heterocycles. The average Bonchev–Trinajstić information content (AvgIpc) is 2.65. The van der Waals surface area contributed by atoms with Gasteiger partial charge >= 0.3 is 5.97 Å². The molecule has 1 amide bonds. The molecule has 7 nitrogen and oxygen atoms in total. The molecule has 1 aliphatic rings. The number of nitrogens with one attached hydrogen (secondary N) is 1. The summed E-state index contributed by atoms with van der Waals surface area (Å²) in [7, 11) is 0. The van der Waals surface area contributed by atoms with Crippen LogP contribution in [0.3, 0.4) is 0 Å². The highest BCUT2D eigenvalue weighted by atomic mass is 16.6. The van der Waals surface area contributed by atoms with E-state index in [2.05, 4.69) is 10.3 Å². The van der Waals surface area contributed by atoms with Crippen molar-refractivity contribution < 1.29 is 24.2 Å². The van der Waals surface area contributed by atoms with Gasteiger partial charge in [0.2, 0.25) is 0 Å². The molecule has 1 aliphatic heterocycles. The molecule has 7 heteroatoms. The maximum Gasteiger partial charge on any atom is 0.337 e. The quantitative estimate of drug-likeness (QED) is 0.855. The van der Waals surface area contributed by atoms with Gasteiger partial charge < -0.3 is 19.9 Å². The summed E-state index contributed by atoms with van der Waals surface area (Å²) in [5.41, 5.74) is 1.48. The second-order valence-electron chi connectivity index (χ2n) is 5.97. The molecule has 1 unspecified atom stereocenters. The molecule has 136 valence electrons. The molecule has 1 atom stereocenters. The highest BCUT2D eigenvalue weighted by Crippen LogP contribution is 2.33. The molecule has 3 rings (SSSR count). The van der Waals surface area contributed by atoms with Crippen LogP contribution in [0.4, 0.5) is 0 Å². The fourth-order valence-corrected chi connectivity index (χ4v) is 2.84. The van der Waals surface area contributed by atoms with Gasteiger partial charge in [-0.2, -0.15) is 0 Å².